The van der Waals surface area contributed by atoms with Crippen LogP contribution < -0.4 is 5.32 Å². The Morgan fingerprint density at radius 3 is 2.57 bits per heavy atom. The van der Waals surface area contributed by atoms with Gasteiger partial charge in [0.1, 0.15) is 0 Å². The van der Waals surface area contributed by atoms with Gasteiger partial charge in [0.25, 0.3) is 0 Å². The van der Waals surface area contributed by atoms with Crippen LogP contribution in [0.5, 0.6) is 0 Å². The van der Waals surface area contributed by atoms with Crippen LogP contribution in [0.2, 0.25) is 0 Å². The second kappa shape index (κ2) is 7.32. The highest BCUT2D eigenvalue weighted by Crippen LogP contribution is 1.96. The molecule has 5 nitrogen and oxygen atoms in total. The Hall–Kier alpha value is -1.10. The van der Waals surface area contributed by atoms with E-state index in [-0.39, 0.29) is 18.4 Å². The van der Waals surface area contributed by atoms with Crippen molar-refractivity contribution < 1.29 is 19.4 Å². The molecule has 14 heavy (non-hydrogen) atoms. The monoisotopic (exact) mass is 203 g/mol. The van der Waals surface area contributed by atoms with Gasteiger partial charge in [-0.15, -0.1) is 0 Å². The van der Waals surface area contributed by atoms with E-state index in [4.69, 9.17) is 9.84 Å². The largest absolute Gasteiger partial charge is 0.481 e. The molecule has 82 valence electrons. The molecule has 0 aliphatic rings. The Balaban J connectivity index is 3.55. The van der Waals surface area contributed by atoms with Crippen LogP contribution in [0.15, 0.2) is 0 Å². The van der Waals surface area contributed by atoms with Crippen molar-refractivity contribution in [2.24, 2.45) is 0 Å². The minimum atomic E-state index is -0.844. The van der Waals surface area contributed by atoms with Crippen LogP contribution in [0.25, 0.3) is 0 Å². The van der Waals surface area contributed by atoms with E-state index >= 15 is 0 Å². The Kier molecular flexibility index (Phi) is 6.74. The summed E-state index contributed by atoms with van der Waals surface area (Å²) < 4.78 is 4.74. The van der Waals surface area contributed by atoms with Gasteiger partial charge < -0.3 is 15.2 Å². The number of carboxylic acid groups (broad SMARTS) is 1. The minimum absolute atomic E-state index is 0.0751. The van der Waals surface area contributed by atoms with Gasteiger partial charge in [0, 0.05) is 26.0 Å². The van der Waals surface area contributed by atoms with Crippen molar-refractivity contribution in [1.82, 2.24) is 5.32 Å². The smallest absolute Gasteiger partial charge is 0.303 e. The van der Waals surface area contributed by atoms with E-state index in [1.165, 1.54) is 7.11 Å². The molecule has 0 radical (unpaired) electrons. The maximum Gasteiger partial charge on any atom is 0.303 e. The first-order valence-corrected chi connectivity index (χ1v) is 4.56. The fraction of sp³-hybridized carbons (Fsp3) is 0.778. The van der Waals surface area contributed by atoms with Crippen molar-refractivity contribution in [3.8, 4) is 0 Å². The van der Waals surface area contributed by atoms with Gasteiger partial charge in [-0.2, -0.15) is 0 Å². The van der Waals surface area contributed by atoms with E-state index in [1.54, 1.807) is 6.92 Å². The van der Waals surface area contributed by atoms with Crippen LogP contribution in [-0.4, -0.2) is 36.7 Å². The van der Waals surface area contributed by atoms with Crippen LogP contribution >= 0.6 is 0 Å². The molecule has 2 N–H and O–H groups in total. The third-order valence-corrected chi connectivity index (χ3v) is 1.73. The highest BCUT2D eigenvalue weighted by atomic mass is 16.5. The zero-order chi connectivity index (χ0) is 11.0. The maximum absolute atomic E-state index is 11.1. The molecule has 0 bridgehead atoms. The van der Waals surface area contributed by atoms with Gasteiger partial charge in [0.05, 0.1) is 6.61 Å². The lowest BCUT2D eigenvalue weighted by Crippen LogP contribution is -2.33. The number of hydrogen-bond donors (Lipinski definition) is 2. The van der Waals surface area contributed by atoms with Crippen LogP contribution in [0.4, 0.5) is 0 Å². The maximum atomic E-state index is 11.1. The summed E-state index contributed by atoms with van der Waals surface area (Å²) in [6, 6.07) is -0.101. The molecule has 0 aromatic rings. The summed E-state index contributed by atoms with van der Waals surface area (Å²) in [7, 11) is 1.53. The summed E-state index contributed by atoms with van der Waals surface area (Å²) in [5.74, 6) is -0.951. The average Bonchev–Trinajstić information content (AvgIpc) is 2.11. The first-order chi connectivity index (χ1) is 6.56. The van der Waals surface area contributed by atoms with Gasteiger partial charge in [-0.1, -0.05) is 0 Å². The molecule has 0 aliphatic carbocycles. The summed E-state index contributed by atoms with van der Waals surface area (Å²) in [5, 5.41) is 11.1. The number of carboxylic acids is 1. The van der Waals surface area contributed by atoms with Crippen LogP contribution in [-0.2, 0) is 14.3 Å². The van der Waals surface area contributed by atoms with E-state index < -0.39 is 5.97 Å². The topological polar surface area (TPSA) is 75.6 Å². The molecule has 0 saturated heterocycles. The molecule has 1 atom stereocenters. The molecule has 1 amide bonds. The number of carbonyl (C=O) groups is 2. The quantitative estimate of drug-likeness (QED) is 0.627. The second-order valence-electron chi connectivity index (χ2n) is 3.14. The fourth-order valence-corrected chi connectivity index (χ4v) is 0.954. The Labute approximate surface area is 83.4 Å². The van der Waals surface area contributed by atoms with E-state index in [2.05, 4.69) is 5.32 Å². The second-order valence-corrected chi connectivity index (χ2v) is 3.14. The number of carbonyl (C=O) groups excluding carboxylic acids is 1. The lowest BCUT2D eigenvalue weighted by molar-refractivity contribution is -0.137. The predicted molar refractivity (Wildman–Crippen MR) is 51.0 cm³/mol. The van der Waals surface area contributed by atoms with E-state index in [1.807, 2.05) is 0 Å². The first-order valence-electron chi connectivity index (χ1n) is 4.56. The van der Waals surface area contributed by atoms with E-state index in [9.17, 15) is 9.59 Å². The number of rotatable bonds is 7. The Bertz CT molecular complexity index is 193. The van der Waals surface area contributed by atoms with Gasteiger partial charge in [-0.05, 0) is 13.3 Å². The molecule has 0 heterocycles. The third kappa shape index (κ3) is 7.54. The van der Waals surface area contributed by atoms with Crippen molar-refractivity contribution >= 4 is 11.9 Å². The highest BCUT2D eigenvalue weighted by Gasteiger charge is 2.08. The summed E-state index contributed by atoms with van der Waals surface area (Å²) in [6.45, 7) is 2.17. The van der Waals surface area contributed by atoms with E-state index in [0.717, 1.165) is 0 Å². The molecule has 0 spiro atoms. The van der Waals surface area contributed by atoms with Crippen molar-refractivity contribution in [3.63, 3.8) is 0 Å². The number of nitrogens with one attached hydrogen (secondary N) is 1. The molecule has 0 aromatic heterocycles. The Morgan fingerprint density at radius 1 is 1.43 bits per heavy atom. The number of methoxy groups -OCH3 is 1. The number of aliphatic carboxylic acids is 1. The van der Waals surface area contributed by atoms with Crippen molar-refractivity contribution in [2.45, 2.75) is 32.2 Å². The van der Waals surface area contributed by atoms with E-state index in [0.29, 0.717) is 19.4 Å². The SMILES string of the molecule is COCCC(=O)NC(C)CCC(=O)O. The van der Waals surface area contributed by atoms with Gasteiger partial charge in [-0.25, -0.2) is 0 Å². The van der Waals surface area contributed by atoms with Gasteiger partial charge >= 0.3 is 5.97 Å². The summed E-state index contributed by atoms with van der Waals surface area (Å²) in [4.78, 5) is 21.3. The average molecular weight is 203 g/mol. The van der Waals surface area contributed by atoms with Crippen LogP contribution in [0, 0.1) is 0 Å². The number of ether oxygens (including phenoxy) is 1. The molecular weight excluding hydrogens is 186 g/mol. The molecule has 0 fully saturated rings. The zero-order valence-corrected chi connectivity index (χ0v) is 8.58. The summed E-state index contributed by atoms with van der Waals surface area (Å²) in [5.41, 5.74) is 0. The van der Waals surface area contributed by atoms with Gasteiger partial charge in [0.15, 0.2) is 0 Å². The van der Waals surface area contributed by atoms with Crippen LogP contribution in [0.1, 0.15) is 26.2 Å². The minimum Gasteiger partial charge on any atom is -0.481 e. The normalized spacial score (nSPS) is 12.1. The molecule has 5 heteroatoms. The van der Waals surface area contributed by atoms with Crippen molar-refractivity contribution in [3.05, 3.63) is 0 Å². The lowest BCUT2D eigenvalue weighted by Gasteiger charge is -2.12. The Morgan fingerprint density at radius 2 is 2.07 bits per heavy atom. The summed E-state index contributed by atoms with van der Waals surface area (Å²) in [6.07, 6.45) is 0.841. The molecular formula is C9H17NO4. The highest BCUT2D eigenvalue weighted by molar-refractivity contribution is 5.76. The molecule has 0 rings (SSSR count). The molecule has 0 saturated carbocycles. The predicted octanol–water partition coefficient (Wildman–Crippen LogP) is 0.392. The fourth-order valence-electron chi connectivity index (χ4n) is 0.954. The van der Waals surface area contributed by atoms with Crippen LogP contribution in [0.3, 0.4) is 0 Å². The summed E-state index contributed by atoms with van der Waals surface area (Å²) >= 11 is 0. The zero-order valence-electron chi connectivity index (χ0n) is 8.58. The van der Waals surface area contributed by atoms with Gasteiger partial charge in [-0.3, -0.25) is 9.59 Å². The van der Waals surface area contributed by atoms with Gasteiger partial charge in [0.2, 0.25) is 5.91 Å². The lowest BCUT2D eigenvalue weighted by atomic mass is 10.2. The first kappa shape index (κ1) is 12.9. The van der Waals surface area contributed by atoms with Crippen molar-refractivity contribution in [1.29, 1.82) is 0 Å². The molecule has 1 unspecified atom stereocenters. The molecule has 0 aromatic carbocycles. The molecule has 0 aliphatic heterocycles. The standard InChI is InChI=1S/C9H17NO4/c1-7(3-4-9(12)13)10-8(11)5-6-14-2/h7H,3-6H2,1-2H3,(H,10,11)(H,12,13). The third-order valence-electron chi connectivity index (χ3n) is 1.73. The number of amides is 1. The number of hydrogen-bond acceptors (Lipinski definition) is 3. The van der Waals surface area contributed by atoms with Crippen molar-refractivity contribution in [2.75, 3.05) is 13.7 Å².